The summed E-state index contributed by atoms with van der Waals surface area (Å²) in [6.07, 6.45) is -2.82. The summed E-state index contributed by atoms with van der Waals surface area (Å²) in [7, 11) is 2.33. The van der Waals surface area contributed by atoms with Crippen molar-refractivity contribution in [3.8, 4) is 5.88 Å². The molecule has 4 nitrogen and oxygen atoms in total. The number of nitrogens with zero attached hydrogens (tertiary/aromatic N) is 1. The number of halogens is 3. The van der Waals surface area contributed by atoms with Gasteiger partial charge in [-0.15, -0.1) is 0 Å². The fourth-order valence-electron chi connectivity index (χ4n) is 1.14. The van der Waals surface area contributed by atoms with Crippen LogP contribution in [-0.2, 0) is 4.74 Å². The number of carbonyl (C=O) groups is 1. The Bertz CT molecular complexity index is 412. The van der Waals surface area contributed by atoms with Crippen molar-refractivity contribution in [1.82, 2.24) is 4.98 Å². The van der Waals surface area contributed by atoms with E-state index in [9.17, 15) is 13.6 Å². The summed E-state index contributed by atoms with van der Waals surface area (Å²) >= 11 is 2.95. The molecule has 16 heavy (non-hydrogen) atoms. The zero-order valence-corrected chi connectivity index (χ0v) is 10.0. The summed E-state index contributed by atoms with van der Waals surface area (Å²) < 4.78 is 34.7. The summed E-state index contributed by atoms with van der Waals surface area (Å²) in [5.41, 5.74) is -0.839. The van der Waals surface area contributed by atoms with Gasteiger partial charge in [-0.1, -0.05) is 0 Å². The minimum absolute atomic E-state index is 0.160. The van der Waals surface area contributed by atoms with E-state index in [0.717, 1.165) is 13.2 Å². The zero-order chi connectivity index (χ0) is 12.3. The van der Waals surface area contributed by atoms with E-state index in [-0.39, 0.29) is 16.0 Å². The summed E-state index contributed by atoms with van der Waals surface area (Å²) in [6.45, 7) is 0. The van der Waals surface area contributed by atoms with Crippen molar-refractivity contribution >= 4 is 21.9 Å². The maximum Gasteiger partial charge on any atom is 0.343 e. The number of hydrogen-bond donors (Lipinski definition) is 0. The maximum atomic E-state index is 12.7. The molecule has 0 radical (unpaired) electrons. The van der Waals surface area contributed by atoms with Crippen LogP contribution < -0.4 is 4.74 Å². The lowest BCUT2D eigenvalue weighted by atomic mass is 10.1. The molecule has 88 valence electrons. The Labute approximate surface area is 98.7 Å². The Balaban J connectivity index is 3.45. The van der Waals surface area contributed by atoms with Crippen molar-refractivity contribution in [2.24, 2.45) is 0 Å². The zero-order valence-electron chi connectivity index (χ0n) is 8.46. The molecule has 0 bridgehead atoms. The Morgan fingerprint density at radius 2 is 2.12 bits per heavy atom. The number of carbonyl (C=O) groups excluding carboxylic acids is 1. The number of ether oxygens (including phenoxy) is 2. The largest absolute Gasteiger partial charge is 0.480 e. The van der Waals surface area contributed by atoms with Crippen LogP contribution in [0.15, 0.2) is 10.7 Å². The quantitative estimate of drug-likeness (QED) is 0.635. The van der Waals surface area contributed by atoms with Crippen molar-refractivity contribution in [3.63, 3.8) is 0 Å². The van der Waals surface area contributed by atoms with Crippen molar-refractivity contribution < 1.29 is 23.0 Å². The first kappa shape index (κ1) is 12.8. The van der Waals surface area contributed by atoms with E-state index >= 15 is 0 Å². The van der Waals surface area contributed by atoms with Crippen LogP contribution in [0.25, 0.3) is 0 Å². The van der Waals surface area contributed by atoms with Gasteiger partial charge in [-0.2, -0.15) is 0 Å². The molecule has 0 aliphatic heterocycles. The second-order valence-corrected chi connectivity index (χ2v) is 3.52. The summed E-state index contributed by atoms with van der Waals surface area (Å²) in [6, 6.07) is 1.06. The molecule has 1 heterocycles. The third-order valence-electron chi connectivity index (χ3n) is 1.80. The maximum absolute atomic E-state index is 12.7. The highest BCUT2D eigenvalue weighted by molar-refractivity contribution is 9.10. The van der Waals surface area contributed by atoms with Gasteiger partial charge in [0.25, 0.3) is 6.43 Å². The summed E-state index contributed by atoms with van der Waals surface area (Å²) in [4.78, 5) is 15.1. The van der Waals surface area contributed by atoms with Crippen LogP contribution in [0.4, 0.5) is 8.78 Å². The van der Waals surface area contributed by atoms with E-state index in [2.05, 4.69) is 25.7 Å². The van der Waals surface area contributed by atoms with Crippen LogP contribution in [-0.4, -0.2) is 25.2 Å². The fraction of sp³-hybridized carbons (Fsp3) is 0.333. The molecule has 0 saturated heterocycles. The van der Waals surface area contributed by atoms with Crippen LogP contribution in [0.5, 0.6) is 5.88 Å². The van der Waals surface area contributed by atoms with E-state index in [0.29, 0.717) is 0 Å². The van der Waals surface area contributed by atoms with E-state index in [4.69, 9.17) is 4.74 Å². The lowest BCUT2D eigenvalue weighted by Crippen LogP contribution is -2.10. The highest BCUT2D eigenvalue weighted by Crippen LogP contribution is 2.31. The third kappa shape index (κ3) is 2.46. The first-order valence-corrected chi connectivity index (χ1v) is 4.91. The molecule has 0 atom stereocenters. The molecule has 0 N–H and O–H groups in total. The summed E-state index contributed by atoms with van der Waals surface area (Å²) in [5, 5.41) is 0. The second kappa shape index (κ2) is 5.20. The molecular weight excluding hydrogens is 288 g/mol. The molecule has 0 fully saturated rings. The van der Waals surface area contributed by atoms with Crippen LogP contribution >= 0.6 is 15.9 Å². The topological polar surface area (TPSA) is 48.4 Å². The van der Waals surface area contributed by atoms with Crippen molar-refractivity contribution in [3.05, 3.63) is 21.8 Å². The van der Waals surface area contributed by atoms with Crippen molar-refractivity contribution in [2.75, 3.05) is 14.2 Å². The van der Waals surface area contributed by atoms with Gasteiger partial charge in [0.2, 0.25) is 5.88 Å². The standard InChI is InChI=1S/C9H8BrF2NO3/c1-15-8-6(9(14)16-2)4(7(11)12)3-5(10)13-8/h3,7H,1-2H3. The van der Waals surface area contributed by atoms with E-state index in [1.54, 1.807) is 0 Å². The van der Waals surface area contributed by atoms with Crippen molar-refractivity contribution in [2.45, 2.75) is 6.43 Å². The molecule has 0 aromatic carbocycles. The first-order valence-electron chi connectivity index (χ1n) is 4.12. The minimum Gasteiger partial charge on any atom is -0.480 e. The smallest absolute Gasteiger partial charge is 0.343 e. The monoisotopic (exact) mass is 295 g/mol. The van der Waals surface area contributed by atoms with E-state index < -0.39 is 18.0 Å². The Morgan fingerprint density at radius 3 is 2.56 bits per heavy atom. The van der Waals surface area contributed by atoms with Gasteiger partial charge in [0, 0.05) is 5.56 Å². The van der Waals surface area contributed by atoms with Gasteiger partial charge in [0.1, 0.15) is 10.2 Å². The van der Waals surface area contributed by atoms with Crippen LogP contribution in [0.2, 0.25) is 0 Å². The van der Waals surface area contributed by atoms with Gasteiger partial charge < -0.3 is 9.47 Å². The molecule has 0 saturated carbocycles. The molecule has 7 heteroatoms. The highest BCUT2D eigenvalue weighted by atomic mass is 79.9. The predicted molar refractivity (Wildman–Crippen MR) is 54.8 cm³/mol. The molecule has 0 aliphatic carbocycles. The minimum atomic E-state index is -2.82. The number of pyridine rings is 1. The van der Waals surface area contributed by atoms with E-state index in [1.165, 1.54) is 7.11 Å². The van der Waals surface area contributed by atoms with Gasteiger partial charge in [0.15, 0.2) is 0 Å². The molecule has 0 aliphatic rings. The van der Waals surface area contributed by atoms with Crippen LogP contribution in [0.3, 0.4) is 0 Å². The van der Waals surface area contributed by atoms with Gasteiger partial charge >= 0.3 is 5.97 Å². The Morgan fingerprint density at radius 1 is 1.50 bits per heavy atom. The number of methoxy groups -OCH3 is 2. The molecule has 0 spiro atoms. The van der Waals surface area contributed by atoms with E-state index in [1.807, 2.05) is 0 Å². The number of hydrogen-bond acceptors (Lipinski definition) is 4. The highest BCUT2D eigenvalue weighted by Gasteiger charge is 2.25. The SMILES string of the molecule is COC(=O)c1c(C(F)F)cc(Br)nc1OC. The Hall–Kier alpha value is -1.24. The lowest BCUT2D eigenvalue weighted by Gasteiger charge is -2.11. The van der Waals surface area contributed by atoms with Crippen LogP contribution in [0.1, 0.15) is 22.3 Å². The number of rotatable bonds is 3. The summed E-state index contributed by atoms with van der Waals surface area (Å²) in [5.74, 6) is -1.11. The van der Waals surface area contributed by atoms with Gasteiger partial charge in [-0.3, -0.25) is 0 Å². The lowest BCUT2D eigenvalue weighted by molar-refractivity contribution is 0.0584. The molecule has 1 aromatic rings. The first-order chi connectivity index (χ1) is 7.51. The Kier molecular flexibility index (Phi) is 4.17. The van der Waals surface area contributed by atoms with Crippen molar-refractivity contribution in [1.29, 1.82) is 0 Å². The fourth-order valence-corrected chi connectivity index (χ4v) is 1.54. The molecular formula is C9H8BrF2NO3. The average molecular weight is 296 g/mol. The van der Waals surface area contributed by atoms with Gasteiger partial charge in [-0.25, -0.2) is 18.6 Å². The van der Waals surface area contributed by atoms with Gasteiger partial charge in [-0.05, 0) is 22.0 Å². The van der Waals surface area contributed by atoms with Crippen LogP contribution in [0, 0.1) is 0 Å². The molecule has 0 unspecified atom stereocenters. The predicted octanol–water partition coefficient (Wildman–Crippen LogP) is 2.58. The normalized spacial score (nSPS) is 10.4. The number of aromatic nitrogens is 1. The molecule has 0 amide bonds. The third-order valence-corrected chi connectivity index (χ3v) is 2.21. The van der Waals surface area contributed by atoms with Gasteiger partial charge in [0.05, 0.1) is 14.2 Å². The average Bonchev–Trinajstić information content (AvgIpc) is 2.26. The molecule has 1 rings (SSSR count). The molecule has 1 aromatic heterocycles. The number of esters is 1. The number of alkyl halides is 2. The second-order valence-electron chi connectivity index (χ2n) is 2.71.